The Bertz CT molecular complexity index is 2450. The monoisotopic (exact) mass is 722 g/mol. The molecule has 4 nitrogen and oxygen atoms in total. The molecule has 9 rings (SSSR count). The van der Waals surface area contributed by atoms with Crippen molar-refractivity contribution in [2.45, 2.75) is 0 Å². The van der Waals surface area contributed by atoms with Crippen LogP contribution < -0.4 is 18.3 Å². The molecule has 0 radical (unpaired) electrons. The Kier molecular flexibility index (Phi) is 9.36. The minimum Gasteiger partial charge on any atom is -0.208 e. The van der Waals surface area contributed by atoms with Crippen LogP contribution >= 0.6 is 0 Å². The lowest BCUT2D eigenvalue weighted by Gasteiger charge is -2.14. The SMILES string of the molecule is C[n+]1ccc(-c2cc(-c3ccccc3)[n+](-c3cccc(-[n+]4c(-c5ccccc5)cc(-c5cc[n+](C)cc5)cc4-c4ccccc4)c3)c(-c3ccccc3)c2)cc1. The summed E-state index contributed by atoms with van der Waals surface area (Å²) in [7, 11) is 4.11. The third-order valence-corrected chi connectivity index (χ3v) is 10.4. The van der Waals surface area contributed by atoms with Gasteiger partial charge in [-0.25, -0.2) is 9.13 Å². The van der Waals surface area contributed by atoms with E-state index in [-0.39, 0.29) is 0 Å². The van der Waals surface area contributed by atoms with E-state index in [0.717, 1.165) is 67.5 Å². The summed E-state index contributed by atoms with van der Waals surface area (Å²) in [6.45, 7) is 0. The van der Waals surface area contributed by atoms with Crippen LogP contribution in [0.5, 0.6) is 0 Å². The number of hydrogen-bond donors (Lipinski definition) is 0. The molecule has 4 aromatic heterocycles. The largest absolute Gasteiger partial charge is 0.219 e. The summed E-state index contributed by atoms with van der Waals surface area (Å²) in [5.41, 5.74) is 15.8. The van der Waals surface area contributed by atoms with Crippen LogP contribution in [0.4, 0.5) is 0 Å². The number of nitrogens with zero attached hydrogens (tertiary/aromatic N) is 4. The number of aromatic nitrogens is 4. The highest BCUT2D eigenvalue weighted by atomic mass is 15.0. The molecule has 0 N–H and O–H groups in total. The molecule has 4 heterocycles. The van der Waals surface area contributed by atoms with Gasteiger partial charge in [0.2, 0.25) is 34.2 Å². The molecule has 266 valence electrons. The van der Waals surface area contributed by atoms with Crippen molar-refractivity contribution in [1.29, 1.82) is 0 Å². The van der Waals surface area contributed by atoms with Crippen molar-refractivity contribution in [2.24, 2.45) is 14.1 Å². The second-order valence-electron chi connectivity index (χ2n) is 14.2. The lowest BCUT2D eigenvalue weighted by Crippen LogP contribution is -2.39. The molecule has 0 aliphatic rings. The molecule has 0 saturated heterocycles. The standard InChI is InChI=1S/C52H42N4/c1-53-30-26-39(27-31-53)45-34-49(41-16-7-3-8-17-41)55(50(35-45)42-18-9-4-10-19-42)47-24-15-25-48(38-47)56-51(43-20-11-5-12-21-43)36-46(40-28-32-54(2)33-29-40)37-52(56)44-22-13-6-14-23-44/h3-38H,1-2H3/q+4. The Hall–Kier alpha value is -7.30. The second-order valence-corrected chi connectivity index (χ2v) is 14.2. The minimum absolute atomic E-state index is 1.07. The zero-order chi connectivity index (χ0) is 37.8. The van der Waals surface area contributed by atoms with Crippen LogP contribution in [-0.4, -0.2) is 0 Å². The fourth-order valence-corrected chi connectivity index (χ4v) is 7.52. The molecular formula is C52H42N4+4. The van der Waals surface area contributed by atoms with Crippen molar-refractivity contribution >= 4 is 0 Å². The second kappa shape index (κ2) is 15.2. The molecule has 0 atom stereocenters. The van der Waals surface area contributed by atoms with Gasteiger partial charge in [-0.3, -0.25) is 0 Å². The minimum atomic E-state index is 1.07. The van der Waals surface area contributed by atoms with Gasteiger partial charge in [0.1, 0.15) is 14.1 Å². The topological polar surface area (TPSA) is 15.5 Å². The predicted octanol–water partition coefficient (Wildman–Crippen LogP) is 9.89. The number of pyridine rings is 4. The van der Waals surface area contributed by atoms with E-state index in [1.807, 2.05) is 0 Å². The van der Waals surface area contributed by atoms with Gasteiger partial charge in [0, 0.05) is 82.9 Å². The third kappa shape index (κ3) is 6.92. The fourth-order valence-electron chi connectivity index (χ4n) is 7.52. The van der Waals surface area contributed by atoms with Gasteiger partial charge >= 0.3 is 0 Å². The highest BCUT2D eigenvalue weighted by Crippen LogP contribution is 2.33. The van der Waals surface area contributed by atoms with E-state index in [2.05, 4.69) is 251 Å². The summed E-state index contributed by atoms with van der Waals surface area (Å²) in [4.78, 5) is 0. The summed E-state index contributed by atoms with van der Waals surface area (Å²) in [5, 5.41) is 0. The van der Waals surface area contributed by atoms with Gasteiger partial charge < -0.3 is 0 Å². The van der Waals surface area contributed by atoms with Gasteiger partial charge in [0.05, 0.1) is 6.07 Å². The van der Waals surface area contributed by atoms with Crippen LogP contribution in [0, 0.1) is 0 Å². The van der Waals surface area contributed by atoms with Gasteiger partial charge in [-0.05, 0) is 76.9 Å². The van der Waals surface area contributed by atoms with E-state index in [1.54, 1.807) is 0 Å². The Morgan fingerprint density at radius 1 is 0.250 bits per heavy atom. The molecule has 9 aromatic rings. The van der Waals surface area contributed by atoms with Gasteiger partial charge in [-0.15, -0.1) is 0 Å². The summed E-state index contributed by atoms with van der Waals surface area (Å²) in [5.74, 6) is 0. The van der Waals surface area contributed by atoms with Crippen molar-refractivity contribution < 1.29 is 18.3 Å². The van der Waals surface area contributed by atoms with Gasteiger partial charge in [-0.2, -0.15) is 9.13 Å². The molecule has 0 saturated carbocycles. The molecule has 0 unspecified atom stereocenters. The van der Waals surface area contributed by atoms with E-state index in [9.17, 15) is 0 Å². The first kappa shape index (κ1) is 34.5. The number of benzene rings is 5. The lowest BCUT2D eigenvalue weighted by molar-refractivity contribution is -0.671. The smallest absolute Gasteiger partial charge is 0.208 e. The average Bonchev–Trinajstić information content (AvgIpc) is 3.27. The normalized spacial score (nSPS) is 11.0. The first-order valence-electron chi connectivity index (χ1n) is 19.0. The van der Waals surface area contributed by atoms with Crippen LogP contribution in [-0.2, 0) is 14.1 Å². The van der Waals surface area contributed by atoms with Crippen LogP contribution in [0.15, 0.2) is 219 Å². The highest BCUT2D eigenvalue weighted by Gasteiger charge is 2.29. The number of hydrogen-bond acceptors (Lipinski definition) is 0. The van der Waals surface area contributed by atoms with Crippen LogP contribution in [0.3, 0.4) is 0 Å². The molecule has 0 aliphatic heterocycles. The quantitative estimate of drug-likeness (QED) is 0.139. The summed E-state index contributed by atoms with van der Waals surface area (Å²) >= 11 is 0. The highest BCUT2D eigenvalue weighted by molar-refractivity contribution is 5.76. The average molecular weight is 723 g/mol. The van der Waals surface area contributed by atoms with Gasteiger partial charge in [0.15, 0.2) is 24.8 Å². The Morgan fingerprint density at radius 2 is 0.536 bits per heavy atom. The van der Waals surface area contributed by atoms with E-state index in [0.29, 0.717) is 0 Å². The lowest BCUT2D eigenvalue weighted by atomic mass is 9.98. The van der Waals surface area contributed by atoms with Crippen molar-refractivity contribution in [1.82, 2.24) is 0 Å². The summed E-state index contributed by atoms with van der Waals surface area (Å²) < 4.78 is 8.99. The molecule has 0 spiro atoms. The van der Waals surface area contributed by atoms with Crippen LogP contribution in [0.2, 0.25) is 0 Å². The maximum Gasteiger partial charge on any atom is 0.219 e. The molecule has 0 fully saturated rings. The predicted molar refractivity (Wildman–Crippen MR) is 224 cm³/mol. The van der Waals surface area contributed by atoms with Crippen molar-refractivity contribution in [2.75, 3.05) is 0 Å². The fraction of sp³-hybridized carbons (Fsp3) is 0.0385. The first-order chi connectivity index (χ1) is 27.6. The number of aryl methyl sites for hydroxylation is 2. The Balaban J connectivity index is 1.34. The molecular weight excluding hydrogens is 681 g/mol. The van der Waals surface area contributed by atoms with Crippen LogP contribution in [0.1, 0.15) is 0 Å². The molecule has 0 amide bonds. The van der Waals surface area contributed by atoms with Gasteiger partial charge in [0.25, 0.3) is 0 Å². The number of rotatable bonds is 8. The first-order valence-corrected chi connectivity index (χ1v) is 19.0. The molecule has 5 aromatic carbocycles. The van der Waals surface area contributed by atoms with Gasteiger partial charge in [-0.1, -0.05) is 72.8 Å². The van der Waals surface area contributed by atoms with E-state index in [4.69, 9.17) is 0 Å². The zero-order valence-corrected chi connectivity index (χ0v) is 31.6. The summed E-state index contributed by atoms with van der Waals surface area (Å²) in [6.07, 6.45) is 8.44. The maximum atomic E-state index is 2.42. The zero-order valence-electron chi connectivity index (χ0n) is 31.6. The molecule has 0 bridgehead atoms. The molecule has 56 heavy (non-hydrogen) atoms. The molecule has 0 aliphatic carbocycles. The van der Waals surface area contributed by atoms with E-state index in [1.165, 1.54) is 11.1 Å². The maximum absolute atomic E-state index is 2.42. The summed E-state index contributed by atoms with van der Waals surface area (Å²) in [6, 6.07) is 70.0. The van der Waals surface area contributed by atoms with E-state index >= 15 is 0 Å². The Morgan fingerprint density at radius 3 is 0.821 bits per heavy atom. The van der Waals surface area contributed by atoms with Crippen molar-refractivity contribution in [3.63, 3.8) is 0 Å². The molecule has 4 heteroatoms. The van der Waals surface area contributed by atoms with Crippen molar-refractivity contribution in [3.05, 3.63) is 219 Å². The van der Waals surface area contributed by atoms with Crippen molar-refractivity contribution in [3.8, 4) is 78.7 Å². The van der Waals surface area contributed by atoms with Crippen LogP contribution in [0.25, 0.3) is 78.7 Å². The van der Waals surface area contributed by atoms with E-state index < -0.39 is 0 Å². The third-order valence-electron chi connectivity index (χ3n) is 10.4. The Labute approximate surface area is 328 Å².